The van der Waals surface area contributed by atoms with Crippen LogP contribution in [0.5, 0.6) is 0 Å². The molecule has 0 radical (unpaired) electrons. The standard InChI is InChI=1S/C17H12BrIN2OS/c1-10-15(11-6-8-12(18)9-7-11)20-17(23-10)21-16(22)13-4-2-3-5-14(13)19/h2-9H,1H3,(H,20,21,22). The van der Waals surface area contributed by atoms with E-state index in [0.717, 1.165) is 24.2 Å². The Morgan fingerprint density at radius 2 is 1.87 bits per heavy atom. The van der Waals surface area contributed by atoms with E-state index in [-0.39, 0.29) is 5.91 Å². The van der Waals surface area contributed by atoms with Gasteiger partial charge in [-0.1, -0.05) is 40.2 Å². The smallest absolute Gasteiger partial charge is 0.258 e. The van der Waals surface area contributed by atoms with Gasteiger partial charge < -0.3 is 0 Å². The summed E-state index contributed by atoms with van der Waals surface area (Å²) >= 11 is 7.08. The molecule has 3 aromatic rings. The molecule has 0 saturated carbocycles. The van der Waals surface area contributed by atoms with Crippen LogP contribution >= 0.6 is 49.9 Å². The van der Waals surface area contributed by atoms with Crippen LogP contribution in [0.4, 0.5) is 5.13 Å². The van der Waals surface area contributed by atoms with Crippen molar-refractivity contribution < 1.29 is 4.79 Å². The number of nitrogens with zero attached hydrogens (tertiary/aromatic N) is 1. The van der Waals surface area contributed by atoms with E-state index >= 15 is 0 Å². The number of amides is 1. The van der Waals surface area contributed by atoms with Gasteiger partial charge in [0, 0.05) is 18.5 Å². The van der Waals surface area contributed by atoms with Gasteiger partial charge in [0.25, 0.3) is 5.91 Å². The second-order valence-electron chi connectivity index (χ2n) is 4.86. The van der Waals surface area contributed by atoms with Gasteiger partial charge in [0.05, 0.1) is 11.3 Å². The molecule has 0 aliphatic heterocycles. The molecule has 2 aromatic carbocycles. The summed E-state index contributed by atoms with van der Waals surface area (Å²) in [5.41, 5.74) is 2.60. The first-order valence-corrected chi connectivity index (χ1v) is 9.52. The number of hydrogen-bond donors (Lipinski definition) is 1. The normalized spacial score (nSPS) is 10.6. The first-order valence-electron chi connectivity index (χ1n) is 6.84. The lowest BCUT2D eigenvalue weighted by atomic mass is 10.1. The van der Waals surface area contributed by atoms with Crippen molar-refractivity contribution in [1.82, 2.24) is 4.98 Å². The van der Waals surface area contributed by atoms with E-state index in [0.29, 0.717) is 10.7 Å². The zero-order valence-corrected chi connectivity index (χ0v) is 16.7. The molecule has 0 unspecified atom stereocenters. The summed E-state index contributed by atoms with van der Waals surface area (Å²) in [6, 6.07) is 15.5. The molecule has 0 saturated heterocycles. The Labute approximate surface area is 160 Å². The number of aromatic nitrogens is 1. The van der Waals surface area contributed by atoms with E-state index in [1.807, 2.05) is 55.5 Å². The van der Waals surface area contributed by atoms with E-state index < -0.39 is 0 Å². The van der Waals surface area contributed by atoms with Crippen molar-refractivity contribution in [3.8, 4) is 11.3 Å². The molecular weight excluding hydrogens is 487 g/mol. The Morgan fingerprint density at radius 3 is 2.57 bits per heavy atom. The van der Waals surface area contributed by atoms with Gasteiger partial charge in [-0.15, -0.1) is 11.3 Å². The molecule has 0 spiro atoms. The number of hydrogen-bond acceptors (Lipinski definition) is 3. The maximum Gasteiger partial charge on any atom is 0.258 e. The number of aryl methyl sites for hydroxylation is 1. The van der Waals surface area contributed by atoms with Crippen LogP contribution in [-0.4, -0.2) is 10.9 Å². The SMILES string of the molecule is Cc1sc(NC(=O)c2ccccc2I)nc1-c1ccc(Br)cc1. The monoisotopic (exact) mass is 498 g/mol. The summed E-state index contributed by atoms with van der Waals surface area (Å²) < 4.78 is 1.95. The Kier molecular flexibility index (Phi) is 5.13. The van der Waals surface area contributed by atoms with Crippen LogP contribution in [0.3, 0.4) is 0 Å². The summed E-state index contributed by atoms with van der Waals surface area (Å²) in [6.07, 6.45) is 0. The number of thiazole rings is 1. The molecule has 1 amide bonds. The number of benzene rings is 2. The van der Waals surface area contributed by atoms with Crippen molar-refractivity contribution in [3.05, 3.63) is 67.0 Å². The van der Waals surface area contributed by atoms with Crippen LogP contribution in [0.25, 0.3) is 11.3 Å². The number of nitrogens with one attached hydrogen (secondary N) is 1. The van der Waals surface area contributed by atoms with Crippen molar-refractivity contribution in [2.24, 2.45) is 0 Å². The maximum atomic E-state index is 12.4. The number of rotatable bonds is 3. The third-order valence-corrected chi connectivity index (χ3v) is 5.61. The molecule has 23 heavy (non-hydrogen) atoms. The van der Waals surface area contributed by atoms with Gasteiger partial charge in [-0.05, 0) is 53.8 Å². The van der Waals surface area contributed by atoms with Crippen LogP contribution in [0.2, 0.25) is 0 Å². The predicted molar refractivity (Wildman–Crippen MR) is 107 cm³/mol. The van der Waals surface area contributed by atoms with Gasteiger partial charge in [-0.25, -0.2) is 4.98 Å². The highest BCUT2D eigenvalue weighted by Gasteiger charge is 2.14. The zero-order chi connectivity index (χ0) is 16.4. The van der Waals surface area contributed by atoms with E-state index in [4.69, 9.17) is 0 Å². The molecule has 116 valence electrons. The van der Waals surface area contributed by atoms with E-state index in [2.05, 4.69) is 48.8 Å². The fourth-order valence-corrected chi connectivity index (χ4v) is 3.86. The first-order chi connectivity index (χ1) is 11.0. The van der Waals surface area contributed by atoms with Gasteiger partial charge in [0.15, 0.2) is 5.13 Å². The molecule has 3 rings (SSSR count). The van der Waals surface area contributed by atoms with E-state index in [1.54, 1.807) is 0 Å². The van der Waals surface area contributed by atoms with Crippen LogP contribution in [-0.2, 0) is 0 Å². The minimum Gasteiger partial charge on any atom is -0.298 e. The molecule has 3 nitrogen and oxygen atoms in total. The molecule has 1 heterocycles. The van der Waals surface area contributed by atoms with Crippen LogP contribution in [0.15, 0.2) is 53.0 Å². The fourth-order valence-electron chi connectivity index (χ4n) is 2.14. The first kappa shape index (κ1) is 16.6. The Balaban J connectivity index is 1.85. The molecule has 0 bridgehead atoms. The fraction of sp³-hybridized carbons (Fsp3) is 0.0588. The van der Waals surface area contributed by atoms with Gasteiger partial charge in [-0.2, -0.15) is 0 Å². The van der Waals surface area contributed by atoms with E-state index in [1.165, 1.54) is 11.3 Å². The van der Waals surface area contributed by atoms with Crippen molar-refractivity contribution in [2.45, 2.75) is 6.92 Å². The summed E-state index contributed by atoms with van der Waals surface area (Å²) in [5.74, 6) is -0.133. The molecule has 6 heteroatoms. The summed E-state index contributed by atoms with van der Waals surface area (Å²) in [6.45, 7) is 2.01. The van der Waals surface area contributed by atoms with Crippen LogP contribution in [0.1, 0.15) is 15.2 Å². The lowest BCUT2D eigenvalue weighted by molar-refractivity contribution is 0.102. The van der Waals surface area contributed by atoms with Crippen LogP contribution in [0, 0.1) is 10.5 Å². The summed E-state index contributed by atoms with van der Waals surface area (Å²) in [4.78, 5) is 18.0. The number of carbonyl (C=O) groups is 1. The highest BCUT2D eigenvalue weighted by atomic mass is 127. The van der Waals surface area contributed by atoms with Gasteiger partial charge in [0.2, 0.25) is 0 Å². The van der Waals surface area contributed by atoms with Gasteiger partial charge in [-0.3, -0.25) is 10.1 Å². The van der Waals surface area contributed by atoms with Crippen molar-refractivity contribution in [2.75, 3.05) is 5.32 Å². The third kappa shape index (κ3) is 3.81. The summed E-state index contributed by atoms with van der Waals surface area (Å²) in [7, 11) is 0. The highest BCUT2D eigenvalue weighted by molar-refractivity contribution is 14.1. The highest BCUT2D eigenvalue weighted by Crippen LogP contribution is 2.31. The molecule has 0 atom stereocenters. The quantitative estimate of drug-likeness (QED) is 0.468. The third-order valence-electron chi connectivity index (χ3n) is 3.25. The average Bonchev–Trinajstić information content (AvgIpc) is 2.89. The molecule has 0 aliphatic rings. The Hall–Kier alpha value is -1.25. The Morgan fingerprint density at radius 1 is 1.17 bits per heavy atom. The molecule has 1 N–H and O–H groups in total. The molecule has 0 aliphatic carbocycles. The lowest BCUT2D eigenvalue weighted by Crippen LogP contribution is -2.13. The number of halogens is 2. The molecule has 0 fully saturated rings. The van der Waals surface area contributed by atoms with Crippen molar-refractivity contribution in [3.63, 3.8) is 0 Å². The maximum absolute atomic E-state index is 12.4. The molecule has 1 aromatic heterocycles. The van der Waals surface area contributed by atoms with Gasteiger partial charge >= 0.3 is 0 Å². The minimum atomic E-state index is -0.133. The second kappa shape index (κ2) is 7.11. The predicted octanol–water partition coefficient (Wildman–Crippen LogP) is 5.74. The second-order valence-corrected chi connectivity index (χ2v) is 8.15. The van der Waals surface area contributed by atoms with Gasteiger partial charge in [0.1, 0.15) is 0 Å². The average molecular weight is 499 g/mol. The number of carbonyl (C=O) groups excluding carboxylic acids is 1. The van der Waals surface area contributed by atoms with Crippen LogP contribution < -0.4 is 5.32 Å². The van der Waals surface area contributed by atoms with E-state index in [9.17, 15) is 4.79 Å². The zero-order valence-electron chi connectivity index (χ0n) is 12.1. The minimum absolute atomic E-state index is 0.133. The lowest BCUT2D eigenvalue weighted by Gasteiger charge is -2.03. The van der Waals surface area contributed by atoms with Crippen molar-refractivity contribution >= 4 is 60.9 Å². The molecular formula is C17H12BrIN2OS. The number of anilines is 1. The Bertz CT molecular complexity index is 861. The topological polar surface area (TPSA) is 42.0 Å². The largest absolute Gasteiger partial charge is 0.298 e. The van der Waals surface area contributed by atoms with Crippen molar-refractivity contribution in [1.29, 1.82) is 0 Å². The summed E-state index contributed by atoms with van der Waals surface area (Å²) in [5, 5.41) is 3.51.